The zero-order valence-corrected chi connectivity index (χ0v) is 15.0. The summed E-state index contributed by atoms with van der Waals surface area (Å²) in [5, 5.41) is 6.88. The van der Waals surface area contributed by atoms with Gasteiger partial charge in [0.05, 0.1) is 28.0 Å². The van der Waals surface area contributed by atoms with Crippen molar-refractivity contribution in [3.63, 3.8) is 0 Å². The van der Waals surface area contributed by atoms with E-state index in [0.29, 0.717) is 10.6 Å². The fourth-order valence-electron chi connectivity index (χ4n) is 3.48. The summed E-state index contributed by atoms with van der Waals surface area (Å²) in [4.78, 5) is 13.5. The number of aromatic nitrogens is 3. The summed E-state index contributed by atoms with van der Waals surface area (Å²) in [6, 6.07) is 24.7. The number of carbonyl (C=O) groups excluding carboxylic acids is 1. The molecular weight excluding hydrogens is 358 g/mol. The summed E-state index contributed by atoms with van der Waals surface area (Å²) in [6.45, 7) is 0. The van der Waals surface area contributed by atoms with Crippen molar-refractivity contribution < 1.29 is 4.79 Å². The second kappa shape index (κ2) is 6.11. The van der Waals surface area contributed by atoms with E-state index in [-0.39, 0.29) is 5.91 Å². The van der Waals surface area contributed by atoms with E-state index >= 15 is 0 Å². The number of rotatable bonds is 2. The van der Waals surface area contributed by atoms with Crippen LogP contribution in [0.2, 0.25) is 5.02 Å². The van der Waals surface area contributed by atoms with Crippen LogP contribution < -0.4 is 0 Å². The molecule has 0 saturated carbocycles. The zero-order chi connectivity index (χ0) is 18.4. The van der Waals surface area contributed by atoms with Crippen LogP contribution in [0.15, 0.2) is 85.1 Å². The van der Waals surface area contributed by atoms with Gasteiger partial charge < -0.3 is 0 Å². The third-order valence-electron chi connectivity index (χ3n) is 4.70. The minimum Gasteiger partial charge on any atom is -0.268 e. The molecule has 0 aliphatic rings. The predicted molar refractivity (Wildman–Crippen MR) is 108 cm³/mol. The molecule has 5 aromatic rings. The SMILES string of the molecule is O=C(c1ccccc1Cl)n1c2ccccc2c2cnn(-c3ccccc3)c21. The summed E-state index contributed by atoms with van der Waals surface area (Å²) >= 11 is 6.31. The lowest BCUT2D eigenvalue weighted by Crippen LogP contribution is -2.14. The Balaban J connectivity index is 1.88. The van der Waals surface area contributed by atoms with Gasteiger partial charge in [-0.25, -0.2) is 4.68 Å². The van der Waals surface area contributed by atoms with Gasteiger partial charge in [-0.2, -0.15) is 5.10 Å². The van der Waals surface area contributed by atoms with E-state index in [9.17, 15) is 4.79 Å². The van der Waals surface area contributed by atoms with Crippen LogP contribution in [-0.4, -0.2) is 20.3 Å². The summed E-state index contributed by atoms with van der Waals surface area (Å²) < 4.78 is 3.50. The number of carbonyl (C=O) groups is 1. The van der Waals surface area contributed by atoms with E-state index in [4.69, 9.17) is 11.6 Å². The highest BCUT2D eigenvalue weighted by molar-refractivity contribution is 6.34. The van der Waals surface area contributed by atoms with Crippen LogP contribution in [0.1, 0.15) is 10.4 Å². The molecule has 2 aromatic heterocycles. The van der Waals surface area contributed by atoms with Crippen LogP contribution in [-0.2, 0) is 0 Å². The first-order chi connectivity index (χ1) is 13.3. The Morgan fingerprint density at radius 1 is 0.815 bits per heavy atom. The molecule has 0 atom stereocenters. The number of halogens is 1. The average molecular weight is 372 g/mol. The third kappa shape index (κ3) is 2.38. The van der Waals surface area contributed by atoms with Crippen LogP contribution in [0.3, 0.4) is 0 Å². The minimum absolute atomic E-state index is 0.176. The molecule has 5 rings (SSSR count). The minimum atomic E-state index is -0.176. The van der Waals surface area contributed by atoms with Crippen LogP contribution in [0, 0.1) is 0 Å². The number of hydrogen-bond donors (Lipinski definition) is 0. The molecule has 0 saturated heterocycles. The monoisotopic (exact) mass is 371 g/mol. The third-order valence-corrected chi connectivity index (χ3v) is 5.03. The lowest BCUT2D eigenvalue weighted by atomic mass is 10.2. The molecule has 130 valence electrons. The second-order valence-electron chi connectivity index (χ2n) is 6.27. The van der Waals surface area contributed by atoms with Crippen molar-refractivity contribution in [1.82, 2.24) is 14.3 Å². The van der Waals surface area contributed by atoms with Crippen molar-refractivity contribution in [2.24, 2.45) is 0 Å². The Morgan fingerprint density at radius 3 is 2.33 bits per heavy atom. The maximum Gasteiger partial charge on any atom is 0.265 e. The van der Waals surface area contributed by atoms with Gasteiger partial charge in [0.25, 0.3) is 5.91 Å². The van der Waals surface area contributed by atoms with Crippen molar-refractivity contribution in [2.45, 2.75) is 0 Å². The van der Waals surface area contributed by atoms with Crippen molar-refractivity contribution in [3.8, 4) is 5.69 Å². The molecular formula is C22H14ClN3O. The summed E-state index contributed by atoms with van der Waals surface area (Å²) in [7, 11) is 0. The fourth-order valence-corrected chi connectivity index (χ4v) is 3.69. The zero-order valence-electron chi connectivity index (χ0n) is 14.2. The van der Waals surface area contributed by atoms with Crippen molar-refractivity contribution in [1.29, 1.82) is 0 Å². The molecule has 0 aliphatic heterocycles. The van der Waals surface area contributed by atoms with Gasteiger partial charge in [0, 0.05) is 10.8 Å². The standard InChI is InChI=1S/C22H14ClN3O/c23-19-12-6-4-11-17(19)22(27)25-20-13-7-5-10-16(20)18-14-24-26(21(18)25)15-8-2-1-3-9-15/h1-14H. The molecule has 0 fully saturated rings. The largest absolute Gasteiger partial charge is 0.268 e. The van der Waals surface area contributed by atoms with E-state index in [2.05, 4.69) is 5.10 Å². The molecule has 0 radical (unpaired) electrons. The first kappa shape index (κ1) is 15.9. The van der Waals surface area contributed by atoms with Crippen LogP contribution >= 0.6 is 11.6 Å². The highest BCUT2D eigenvalue weighted by atomic mass is 35.5. The van der Waals surface area contributed by atoms with Crippen molar-refractivity contribution >= 4 is 39.4 Å². The molecule has 2 heterocycles. The Morgan fingerprint density at radius 2 is 1.52 bits per heavy atom. The molecule has 0 amide bonds. The Bertz CT molecular complexity index is 1300. The number of hydrogen-bond acceptors (Lipinski definition) is 2. The van der Waals surface area contributed by atoms with E-state index in [1.807, 2.05) is 66.7 Å². The maximum atomic E-state index is 13.5. The van der Waals surface area contributed by atoms with Gasteiger partial charge in [0.15, 0.2) is 5.65 Å². The van der Waals surface area contributed by atoms with Gasteiger partial charge in [-0.05, 0) is 30.3 Å². The van der Waals surface area contributed by atoms with Gasteiger partial charge in [-0.15, -0.1) is 0 Å². The number of fused-ring (bicyclic) bond motifs is 3. The maximum absolute atomic E-state index is 13.5. The Labute approximate surface area is 160 Å². The van der Waals surface area contributed by atoms with Crippen LogP contribution in [0.25, 0.3) is 27.6 Å². The molecule has 27 heavy (non-hydrogen) atoms. The Hall–Kier alpha value is -3.37. The summed E-state index contributed by atoms with van der Waals surface area (Å²) in [5.74, 6) is -0.176. The van der Waals surface area contributed by atoms with E-state index in [1.165, 1.54) is 0 Å². The topological polar surface area (TPSA) is 39.8 Å². The van der Waals surface area contributed by atoms with Gasteiger partial charge in [0.1, 0.15) is 0 Å². The number of para-hydroxylation sites is 2. The van der Waals surface area contributed by atoms with Crippen molar-refractivity contribution in [2.75, 3.05) is 0 Å². The van der Waals surface area contributed by atoms with E-state index in [0.717, 1.165) is 27.6 Å². The molecule has 5 heteroatoms. The summed E-state index contributed by atoms with van der Waals surface area (Å²) in [5.41, 5.74) is 2.91. The first-order valence-corrected chi connectivity index (χ1v) is 8.95. The van der Waals surface area contributed by atoms with Gasteiger partial charge >= 0.3 is 0 Å². The molecule has 0 spiro atoms. The normalized spacial score (nSPS) is 11.3. The highest BCUT2D eigenvalue weighted by Crippen LogP contribution is 2.31. The highest BCUT2D eigenvalue weighted by Gasteiger charge is 2.22. The van der Waals surface area contributed by atoms with Crippen LogP contribution in [0.5, 0.6) is 0 Å². The van der Waals surface area contributed by atoms with E-state index in [1.54, 1.807) is 27.6 Å². The van der Waals surface area contributed by atoms with Gasteiger partial charge in [0.2, 0.25) is 0 Å². The fraction of sp³-hybridized carbons (Fsp3) is 0. The quantitative estimate of drug-likeness (QED) is 0.421. The lowest BCUT2D eigenvalue weighted by molar-refractivity contribution is 0.0968. The molecule has 3 aromatic carbocycles. The van der Waals surface area contributed by atoms with Gasteiger partial charge in [-0.3, -0.25) is 9.36 Å². The van der Waals surface area contributed by atoms with E-state index < -0.39 is 0 Å². The second-order valence-corrected chi connectivity index (χ2v) is 6.67. The first-order valence-electron chi connectivity index (χ1n) is 8.57. The molecule has 4 nitrogen and oxygen atoms in total. The number of nitrogens with zero attached hydrogens (tertiary/aromatic N) is 3. The lowest BCUT2D eigenvalue weighted by Gasteiger charge is -2.10. The van der Waals surface area contributed by atoms with Gasteiger partial charge in [-0.1, -0.05) is 60.1 Å². The number of benzene rings is 3. The van der Waals surface area contributed by atoms with Crippen LogP contribution in [0.4, 0.5) is 0 Å². The molecule has 0 unspecified atom stereocenters. The molecule has 0 aliphatic carbocycles. The molecule has 0 N–H and O–H groups in total. The molecule has 0 bridgehead atoms. The smallest absolute Gasteiger partial charge is 0.265 e. The summed E-state index contributed by atoms with van der Waals surface area (Å²) in [6.07, 6.45) is 1.81. The Kier molecular flexibility index (Phi) is 3.59. The predicted octanol–water partition coefficient (Wildman–Crippen LogP) is 5.32. The average Bonchev–Trinajstić information content (AvgIpc) is 3.27. The van der Waals surface area contributed by atoms with Crippen molar-refractivity contribution in [3.05, 3.63) is 95.6 Å².